The van der Waals surface area contributed by atoms with Crippen LogP contribution >= 0.6 is 0 Å². The standard InChI is InChI=1S/C14H24N4/c1-3-13-17-11(2)9-14(18-13)16-8-6-12-5-4-7-15-10-12/h9,12,15H,3-8,10H2,1-2H3,(H,16,17,18). The van der Waals surface area contributed by atoms with E-state index in [4.69, 9.17) is 0 Å². The van der Waals surface area contributed by atoms with Gasteiger partial charge >= 0.3 is 0 Å². The highest BCUT2D eigenvalue weighted by Gasteiger charge is 2.12. The molecule has 2 N–H and O–H groups in total. The van der Waals surface area contributed by atoms with Crippen molar-refractivity contribution < 1.29 is 0 Å². The highest BCUT2D eigenvalue weighted by Crippen LogP contribution is 2.14. The van der Waals surface area contributed by atoms with Crippen LogP contribution in [0, 0.1) is 12.8 Å². The Hall–Kier alpha value is -1.16. The maximum absolute atomic E-state index is 4.50. The lowest BCUT2D eigenvalue weighted by atomic mass is 9.96. The third-order valence-electron chi connectivity index (χ3n) is 3.47. The normalized spacial score (nSPS) is 19.8. The molecule has 18 heavy (non-hydrogen) atoms. The van der Waals surface area contributed by atoms with Crippen LogP contribution < -0.4 is 10.6 Å². The molecule has 100 valence electrons. The van der Waals surface area contributed by atoms with Crippen LogP contribution in [0.15, 0.2) is 6.07 Å². The Balaban J connectivity index is 1.80. The molecule has 4 heteroatoms. The zero-order valence-electron chi connectivity index (χ0n) is 11.5. The van der Waals surface area contributed by atoms with Gasteiger partial charge in [0.15, 0.2) is 0 Å². The zero-order valence-corrected chi connectivity index (χ0v) is 11.5. The largest absolute Gasteiger partial charge is 0.370 e. The van der Waals surface area contributed by atoms with E-state index < -0.39 is 0 Å². The van der Waals surface area contributed by atoms with E-state index in [2.05, 4.69) is 27.5 Å². The van der Waals surface area contributed by atoms with E-state index in [1.807, 2.05) is 13.0 Å². The van der Waals surface area contributed by atoms with E-state index in [9.17, 15) is 0 Å². The fourth-order valence-corrected chi connectivity index (χ4v) is 2.45. The van der Waals surface area contributed by atoms with Gasteiger partial charge in [-0.15, -0.1) is 0 Å². The number of aryl methyl sites for hydroxylation is 2. The first-order valence-electron chi connectivity index (χ1n) is 7.07. The summed E-state index contributed by atoms with van der Waals surface area (Å²) in [4.78, 5) is 8.89. The average Bonchev–Trinajstić information content (AvgIpc) is 2.39. The lowest BCUT2D eigenvalue weighted by molar-refractivity contribution is 0.364. The maximum atomic E-state index is 4.50. The van der Waals surface area contributed by atoms with Crippen molar-refractivity contribution in [3.63, 3.8) is 0 Å². The lowest BCUT2D eigenvalue weighted by Crippen LogP contribution is -2.30. The van der Waals surface area contributed by atoms with Crippen LogP contribution in [-0.4, -0.2) is 29.6 Å². The van der Waals surface area contributed by atoms with Gasteiger partial charge in [-0.25, -0.2) is 9.97 Å². The summed E-state index contributed by atoms with van der Waals surface area (Å²) in [5.74, 6) is 2.72. The van der Waals surface area contributed by atoms with Crippen LogP contribution in [0.1, 0.15) is 37.7 Å². The summed E-state index contributed by atoms with van der Waals surface area (Å²) in [7, 11) is 0. The van der Waals surface area contributed by atoms with Gasteiger partial charge in [0.2, 0.25) is 0 Å². The Bertz CT molecular complexity index is 372. The van der Waals surface area contributed by atoms with Crippen LogP contribution in [0.4, 0.5) is 5.82 Å². The second-order valence-electron chi connectivity index (χ2n) is 5.09. The first-order valence-corrected chi connectivity index (χ1v) is 7.07. The van der Waals surface area contributed by atoms with Gasteiger partial charge in [-0.2, -0.15) is 0 Å². The smallest absolute Gasteiger partial charge is 0.130 e. The second kappa shape index (κ2) is 6.69. The Kier molecular flexibility index (Phi) is 4.93. The Labute approximate surface area is 110 Å². The van der Waals surface area contributed by atoms with Gasteiger partial charge in [0.25, 0.3) is 0 Å². The van der Waals surface area contributed by atoms with Crippen molar-refractivity contribution in [2.75, 3.05) is 25.0 Å². The highest BCUT2D eigenvalue weighted by molar-refractivity contribution is 5.35. The molecule has 1 aromatic rings. The average molecular weight is 248 g/mol. The summed E-state index contributed by atoms with van der Waals surface area (Å²) in [6, 6.07) is 2.03. The molecule has 4 nitrogen and oxygen atoms in total. The quantitative estimate of drug-likeness (QED) is 0.838. The van der Waals surface area contributed by atoms with Crippen molar-refractivity contribution in [1.29, 1.82) is 0 Å². The molecule has 0 bridgehead atoms. The number of rotatable bonds is 5. The van der Waals surface area contributed by atoms with Crippen molar-refractivity contribution in [1.82, 2.24) is 15.3 Å². The minimum Gasteiger partial charge on any atom is -0.370 e. The minimum absolute atomic E-state index is 0.819. The molecule has 0 radical (unpaired) electrons. The van der Waals surface area contributed by atoms with Crippen molar-refractivity contribution in [3.05, 3.63) is 17.6 Å². The molecule has 0 spiro atoms. The fraction of sp³-hybridized carbons (Fsp3) is 0.714. The second-order valence-corrected chi connectivity index (χ2v) is 5.09. The Morgan fingerprint density at radius 3 is 3.06 bits per heavy atom. The number of hydrogen-bond acceptors (Lipinski definition) is 4. The van der Waals surface area contributed by atoms with Crippen molar-refractivity contribution >= 4 is 5.82 Å². The molecule has 0 saturated carbocycles. The number of aromatic nitrogens is 2. The van der Waals surface area contributed by atoms with Gasteiger partial charge in [-0.1, -0.05) is 6.92 Å². The summed E-state index contributed by atoms with van der Waals surface area (Å²) in [6.07, 6.45) is 4.79. The first kappa shape index (κ1) is 13.3. The lowest BCUT2D eigenvalue weighted by Gasteiger charge is -2.22. The molecular formula is C14H24N4. The number of nitrogens with one attached hydrogen (secondary N) is 2. The van der Waals surface area contributed by atoms with Gasteiger partial charge in [0, 0.05) is 24.7 Å². The topological polar surface area (TPSA) is 49.8 Å². The summed E-state index contributed by atoms with van der Waals surface area (Å²) in [5, 5.41) is 6.89. The van der Waals surface area contributed by atoms with E-state index in [0.717, 1.165) is 36.2 Å². The van der Waals surface area contributed by atoms with Crippen molar-refractivity contribution in [2.24, 2.45) is 5.92 Å². The fourth-order valence-electron chi connectivity index (χ4n) is 2.45. The molecule has 0 aromatic carbocycles. The molecule has 2 heterocycles. The van der Waals surface area contributed by atoms with E-state index in [1.165, 1.54) is 32.4 Å². The van der Waals surface area contributed by atoms with E-state index in [-0.39, 0.29) is 0 Å². The van der Waals surface area contributed by atoms with Crippen LogP contribution in [0.3, 0.4) is 0 Å². The molecule has 1 saturated heterocycles. The Morgan fingerprint density at radius 2 is 2.33 bits per heavy atom. The summed E-state index contributed by atoms with van der Waals surface area (Å²) >= 11 is 0. The number of nitrogens with zero attached hydrogens (tertiary/aromatic N) is 2. The van der Waals surface area contributed by atoms with Gasteiger partial charge in [-0.05, 0) is 45.2 Å². The molecule has 1 aliphatic rings. The van der Waals surface area contributed by atoms with Crippen LogP contribution in [0.25, 0.3) is 0 Å². The number of piperidine rings is 1. The molecule has 0 aliphatic carbocycles. The molecule has 1 aliphatic heterocycles. The molecular weight excluding hydrogens is 224 g/mol. The minimum atomic E-state index is 0.819. The van der Waals surface area contributed by atoms with Crippen LogP contribution in [-0.2, 0) is 6.42 Å². The third kappa shape index (κ3) is 3.95. The van der Waals surface area contributed by atoms with E-state index >= 15 is 0 Å². The van der Waals surface area contributed by atoms with E-state index in [0.29, 0.717) is 0 Å². The van der Waals surface area contributed by atoms with E-state index in [1.54, 1.807) is 0 Å². The molecule has 1 atom stereocenters. The van der Waals surface area contributed by atoms with Crippen LogP contribution in [0.5, 0.6) is 0 Å². The Morgan fingerprint density at radius 1 is 1.44 bits per heavy atom. The SMILES string of the molecule is CCc1nc(C)cc(NCCC2CCCNC2)n1. The highest BCUT2D eigenvalue weighted by atomic mass is 15.0. The monoisotopic (exact) mass is 248 g/mol. The van der Waals surface area contributed by atoms with Crippen molar-refractivity contribution in [3.8, 4) is 0 Å². The van der Waals surface area contributed by atoms with Crippen LogP contribution in [0.2, 0.25) is 0 Å². The molecule has 1 aromatic heterocycles. The molecule has 1 unspecified atom stereocenters. The summed E-state index contributed by atoms with van der Waals surface area (Å²) in [6.45, 7) is 7.48. The van der Waals surface area contributed by atoms with Crippen molar-refractivity contribution in [2.45, 2.75) is 39.5 Å². The number of anilines is 1. The summed E-state index contributed by atoms with van der Waals surface area (Å²) < 4.78 is 0. The zero-order chi connectivity index (χ0) is 12.8. The third-order valence-corrected chi connectivity index (χ3v) is 3.47. The van der Waals surface area contributed by atoms with Gasteiger partial charge in [0.05, 0.1) is 0 Å². The van der Waals surface area contributed by atoms with Gasteiger partial charge in [-0.3, -0.25) is 0 Å². The first-order chi connectivity index (χ1) is 8.78. The summed E-state index contributed by atoms with van der Waals surface area (Å²) in [5.41, 5.74) is 1.05. The predicted octanol–water partition coefficient (Wildman–Crippen LogP) is 2.15. The number of hydrogen-bond donors (Lipinski definition) is 2. The van der Waals surface area contributed by atoms with Gasteiger partial charge < -0.3 is 10.6 Å². The predicted molar refractivity (Wildman–Crippen MR) is 74.8 cm³/mol. The van der Waals surface area contributed by atoms with Gasteiger partial charge in [0.1, 0.15) is 11.6 Å². The molecule has 0 amide bonds. The molecule has 2 rings (SSSR count). The maximum Gasteiger partial charge on any atom is 0.130 e. The molecule has 1 fully saturated rings.